The highest BCUT2D eigenvalue weighted by atomic mass is 32.2. The molecule has 0 saturated heterocycles. The summed E-state index contributed by atoms with van der Waals surface area (Å²) in [5.41, 5.74) is 1.58. The summed E-state index contributed by atoms with van der Waals surface area (Å²) in [6.07, 6.45) is 7.42. The van der Waals surface area contributed by atoms with Crippen LogP contribution in [0.5, 0.6) is 5.75 Å². The van der Waals surface area contributed by atoms with E-state index in [2.05, 4.69) is 10.2 Å². The highest BCUT2D eigenvalue weighted by Crippen LogP contribution is 2.38. The molecule has 25 heavy (non-hydrogen) atoms. The molecule has 4 rings (SSSR count). The summed E-state index contributed by atoms with van der Waals surface area (Å²) in [7, 11) is -1.41. The molecule has 0 spiro atoms. The molecule has 1 aromatic rings. The standard InChI is InChI=1S/C17H20N4O3S/c1-20-8-15(21-11-18-19-17(21)9-20)14-7-13(25(2,22)23)5-6-16(14)24-10-12-3-4-12/h5-9,12H,3-4,10-11H2,1-2H3. The van der Waals surface area contributed by atoms with Gasteiger partial charge < -0.3 is 9.64 Å². The van der Waals surface area contributed by atoms with Gasteiger partial charge in [0.2, 0.25) is 0 Å². The van der Waals surface area contributed by atoms with Crippen molar-refractivity contribution in [2.45, 2.75) is 17.7 Å². The second-order valence-corrected chi connectivity index (χ2v) is 8.68. The molecule has 0 radical (unpaired) electrons. The van der Waals surface area contributed by atoms with Crippen LogP contribution >= 0.6 is 0 Å². The van der Waals surface area contributed by atoms with E-state index in [4.69, 9.17) is 4.74 Å². The topological polar surface area (TPSA) is 74.6 Å². The van der Waals surface area contributed by atoms with E-state index in [1.807, 2.05) is 29.2 Å². The van der Waals surface area contributed by atoms with Gasteiger partial charge in [0.15, 0.2) is 15.7 Å². The molecule has 0 aromatic heterocycles. The molecular weight excluding hydrogens is 340 g/mol. The van der Waals surface area contributed by atoms with Gasteiger partial charge in [0, 0.05) is 31.3 Å². The molecule has 0 atom stereocenters. The van der Waals surface area contributed by atoms with Crippen LogP contribution in [0.4, 0.5) is 0 Å². The van der Waals surface area contributed by atoms with E-state index < -0.39 is 9.84 Å². The van der Waals surface area contributed by atoms with E-state index in [0.29, 0.717) is 24.9 Å². The molecule has 8 heteroatoms. The fourth-order valence-corrected chi connectivity index (χ4v) is 3.49. The number of azo groups is 1. The largest absolute Gasteiger partial charge is 0.493 e. The number of hydrogen-bond donors (Lipinski definition) is 0. The first kappa shape index (κ1) is 16.1. The monoisotopic (exact) mass is 360 g/mol. The van der Waals surface area contributed by atoms with Crippen molar-refractivity contribution in [3.8, 4) is 5.75 Å². The minimum Gasteiger partial charge on any atom is -0.493 e. The average Bonchev–Trinajstić information content (AvgIpc) is 3.27. The number of ether oxygens (including phenoxy) is 1. The zero-order valence-electron chi connectivity index (χ0n) is 14.2. The summed E-state index contributed by atoms with van der Waals surface area (Å²) in [4.78, 5) is 4.11. The van der Waals surface area contributed by atoms with Gasteiger partial charge in [-0.2, -0.15) is 5.11 Å². The third-order valence-electron chi connectivity index (χ3n) is 4.42. The number of rotatable bonds is 5. The zero-order chi connectivity index (χ0) is 17.6. The van der Waals surface area contributed by atoms with Gasteiger partial charge in [-0.25, -0.2) is 8.42 Å². The van der Waals surface area contributed by atoms with E-state index in [1.165, 1.54) is 19.1 Å². The van der Waals surface area contributed by atoms with Crippen LogP contribution in [0.25, 0.3) is 5.70 Å². The summed E-state index contributed by atoms with van der Waals surface area (Å²) < 4.78 is 30.0. The van der Waals surface area contributed by atoms with Crippen LogP contribution in [0.2, 0.25) is 0 Å². The molecule has 0 N–H and O–H groups in total. The normalized spacial score (nSPS) is 19.6. The summed E-state index contributed by atoms with van der Waals surface area (Å²) >= 11 is 0. The molecule has 0 unspecified atom stereocenters. The Kier molecular flexibility index (Phi) is 3.79. The van der Waals surface area contributed by atoms with Crippen LogP contribution < -0.4 is 4.74 Å². The minimum absolute atomic E-state index is 0.272. The van der Waals surface area contributed by atoms with E-state index in [9.17, 15) is 8.42 Å². The van der Waals surface area contributed by atoms with E-state index in [0.717, 1.165) is 17.1 Å². The molecule has 3 aliphatic rings. The average molecular weight is 360 g/mol. The lowest BCUT2D eigenvalue weighted by molar-refractivity contribution is 0.297. The van der Waals surface area contributed by atoms with Crippen LogP contribution in [0.3, 0.4) is 0 Å². The van der Waals surface area contributed by atoms with Gasteiger partial charge in [0.05, 0.1) is 17.2 Å². The third kappa shape index (κ3) is 3.26. The maximum absolute atomic E-state index is 12.0. The second kappa shape index (κ2) is 5.87. The minimum atomic E-state index is -3.31. The number of fused-ring (bicyclic) bond motifs is 1. The molecule has 7 nitrogen and oxygen atoms in total. The molecule has 1 aromatic carbocycles. The summed E-state index contributed by atoms with van der Waals surface area (Å²) in [6.45, 7) is 1.07. The number of sulfone groups is 1. The lowest BCUT2D eigenvalue weighted by Gasteiger charge is -2.29. The van der Waals surface area contributed by atoms with Gasteiger partial charge in [-0.3, -0.25) is 4.90 Å². The van der Waals surface area contributed by atoms with Crippen LogP contribution in [0.15, 0.2) is 51.5 Å². The Morgan fingerprint density at radius 3 is 2.80 bits per heavy atom. The molecule has 2 heterocycles. The van der Waals surface area contributed by atoms with E-state index >= 15 is 0 Å². The quantitative estimate of drug-likeness (QED) is 0.807. The predicted molar refractivity (Wildman–Crippen MR) is 93.2 cm³/mol. The van der Waals surface area contributed by atoms with Crippen molar-refractivity contribution < 1.29 is 13.2 Å². The van der Waals surface area contributed by atoms with Crippen molar-refractivity contribution in [3.63, 3.8) is 0 Å². The Morgan fingerprint density at radius 1 is 1.28 bits per heavy atom. The van der Waals surface area contributed by atoms with Crippen molar-refractivity contribution >= 4 is 15.5 Å². The summed E-state index contributed by atoms with van der Waals surface area (Å²) in [5.74, 6) is 2.03. The van der Waals surface area contributed by atoms with Crippen molar-refractivity contribution in [1.29, 1.82) is 0 Å². The van der Waals surface area contributed by atoms with Gasteiger partial charge in [-0.05, 0) is 37.0 Å². The van der Waals surface area contributed by atoms with Gasteiger partial charge in [0.1, 0.15) is 12.4 Å². The molecule has 1 saturated carbocycles. The molecule has 0 amide bonds. The fraction of sp³-hybridized carbons (Fsp3) is 0.412. The zero-order valence-corrected chi connectivity index (χ0v) is 15.0. The van der Waals surface area contributed by atoms with Gasteiger partial charge in [-0.1, -0.05) is 0 Å². The molecule has 132 valence electrons. The molecular formula is C17H20N4O3S. The molecule has 1 fully saturated rings. The summed E-state index contributed by atoms with van der Waals surface area (Å²) in [6, 6.07) is 5.03. The maximum atomic E-state index is 12.0. The van der Waals surface area contributed by atoms with Crippen LogP contribution in [-0.4, -0.2) is 44.8 Å². The molecule has 2 aliphatic heterocycles. The van der Waals surface area contributed by atoms with Crippen molar-refractivity contribution in [2.75, 3.05) is 26.6 Å². The lowest BCUT2D eigenvalue weighted by Crippen LogP contribution is -2.25. The SMILES string of the molecule is CN1C=C2N=NCN2C(c2cc(S(C)(=O)=O)ccc2OCC2CC2)=C1. The van der Waals surface area contributed by atoms with Crippen LogP contribution in [0, 0.1) is 5.92 Å². The lowest BCUT2D eigenvalue weighted by atomic mass is 10.1. The molecule has 1 aliphatic carbocycles. The van der Waals surface area contributed by atoms with E-state index in [-0.39, 0.29) is 4.90 Å². The number of nitrogens with zero attached hydrogens (tertiary/aromatic N) is 4. The second-order valence-electron chi connectivity index (χ2n) is 6.66. The van der Waals surface area contributed by atoms with Crippen LogP contribution in [0.1, 0.15) is 18.4 Å². The highest BCUT2D eigenvalue weighted by molar-refractivity contribution is 7.90. The number of benzene rings is 1. The first-order chi connectivity index (χ1) is 11.9. The Hall–Kier alpha value is -2.35. The van der Waals surface area contributed by atoms with Crippen molar-refractivity contribution in [2.24, 2.45) is 16.1 Å². The van der Waals surface area contributed by atoms with Gasteiger partial charge in [-0.15, -0.1) is 5.11 Å². The van der Waals surface area contributed by atoms with E-state index in [1.54, 1.807) is 18.2 Å². The first-order valence-corrected chi connectivity index (χ1v) is 10.1. The Bertz CT molecular complexity index is 900. The van der Waals surface area contributed by atoms with Gasteiger partial charge in [0.25, 0.3) is 0 Å². The first-order valence-electron chi connectivity index (χ1n) is 8.20. The highest BCUT2D eigenvalue weighted by Gasteiger charge is 2.28. The Labute approximate surface area is 147 Å². The van der Waals surface area contributed by atoms with Gasteiger partial charge >= 0.3 is 0 Å². The molecule has 0 bridgehead atoms. The summed E-state index contributed by atoms with van der Waals surface area (Å²) in [5, 5.41) is 8.22. The Morgan fingerprint density at radius 2 is 2.08 bits per heavy atom. The Balaban J connectivity index is 1.77. The van der Waals surface area contributed by atoms with Crippen LogP contribution in [-0.2, 0) is 9.84 Å². The van der Waals surface area contributed by atoms with Crippen molar-refractivity contribution in [3.05, 3.63) is 42.0 Å². The number of hydrogen-bond acceptors (Lipinski definition) is 7. The van der Waals surface area contributed by atoms with Crippen molar-refractivity contribution in [1.82, 2.24) is 9.80 Å². The fourth-order valence-electron chi connectivity index (χ4n) is 2.84. The smallest absolute Gasteiger partial charge is 0.175 e. The maximum Gasteiger partial charge on any atom is 0.175 e. The predicted octanol–water partition coefficient (Wildman–Crippen LogP) is 2.65. The third-order valence-corrected chi connectivity index (χ3v) is 5.53.